The Bertz CT molecular complexity index is 894. The standard InChI is InChI=1S/C22H27NO4S/c24-22(17-28(25,26)15-5-8-18-6-2-1-3-7-18)23-13-14-27-21-12-11-19-9-4-10-20(19)16-21/h1-3,6-7,11-12,16H,4-5,8-10,13-15,17H2,(H,23,24). The molecular formula is C22H27NO4S. The fraction of sp³-hybridized carbons (Fsp3) is 0.409. The van der Waals surface area contributed by atoms with Crippen molar-refractivity contribution in [3.05, 3.63) is 65.2 Å². The van der Waals surface area contributed by atoms with Crippen molar-refractivity contribution in [1.29, 1.82) is 0 Å². The third kappa shape index (κ3) is 6.37. The van der Waals surface area contributed by atoms with Gasteiger partial charge in [-0.05, 0) is 60.9 Å². The van der Waals surface area contributed by atoms with Gasteiger partial charge in [-0.1, -0.05) is 36.4 Å². The Hall–Kier alpha value is -2.34. The Labute approximate surface area is 167 Å². The minimum atomic E-state index is -3.40. The van der Waals surface area contributed by atoms with Crippen LogP contribution >= 0.6 is 0 Å². The molecule has 0 aromatic heterocycles. The van der Waals surface area contributed by atoms with E-state index in [1.165, 1.54) is 17.5 Å². The van der Waals surface area contributed by atoms with E-state index in [4.69, 9.17) is 4.74 Å². The SMILES string of the molecule is O=C(CS(=O)(=O)CCCc1ccccc1)NCCOc1ccc2c(c1)CCC2. The molecule has 2 aromatic carbocycles. The first kappa shape index (κ1) is 20.4. The first-order valence-corrected chi connectivity index (χ1v) is 11.6. The van der Waals surface area contributed by atoms with Crippen molar-refractivity contribution >= 4 is 15.7 Å². The second-order valence-corrected chi connectivity index (χ2v) is 9.35. The fourth-order valence-corrected chi connectivity index (χ4v) is 4.69. The molecule has 150 valence electrons. The summed E-state index contributed by atoms with van der Waals surface area (Å²) in [6.45, 7) is 0.605. The van der Waals surface area contributed by atoms with Crippen LogP contribution in [0.3, 0.4) is 0 Å². The normalized spacial score (nSPS) is 13.1. The van der Waals surface area contributed by atoms with Crippen LogP contribution in [0.4, 0.5) is 0 Å². The quantitative estimate of drug-likeness (QED) is 0.622. The highest BCUT2D eigenvalue weighted by molar-refractivity contribution is 7.92. The van der Waals surface area contributed by atoms with E-state index >= 15 is 0 Å². The van der Waals surface area contributed by atoms with E-state index in [1.54, 1.807) is 0 Å². The van der Waals surface area contributed by atoms with Gasteiger partial charge in [-0.25, -0.2) is 8.42 Å². The van der Waals surface area contributed by atoms with Crippen molar-refractivity contribution in [2.45, 2.75) is 32.1 Å². The van der Waals surface area contributed by atoms with Crippen molar-refractivity contribution in [3.63, 3.8) is 0 Å². The Balaban J connectivity index is 1.33. The van der Waals surface area contributed by atoms with Crippen LogP contribution < -0.4 is 10.1 Å². The zero-order valence-electron chi connectivity index (χ0n) is 16.0. The van der Waals surface area contributed by atoms with E-state index in [2.05, 4.69) is 17.4 Å². The number of ether oxygens (including phenoxy) is 1. The lowest BCUT2D eigenvalue weighted by Gasteiger charge is -2.09. The molecule has 0 spiro atoms. The summed E-state index contributed by atoms with van der Waals surface area (Å²) in [6.07, 6.45) is 4.61. The van der Waals surface area contributed by atoms with Gasteiger partial charge in [-0.3, -0.25) is 4.79 Å². The Morgan fingerprint density at radius 2 is 1.82 bits per heavy atom. The summed E-state index contributed by atoms with van der Waals surface area (Å²) in [5, 5.41) is 2.63. The number of benzene rings is 2. The second-order valence-electron chi connectivity index (χ2n) is 7.16. The largest absolute Gasteiger partial charge is 0.492 e. The van der Waals surface area contributed by atoms with E-state index in [1.807, 2.05) is 36.4 Å². The molecule has 0 atom stereocenters. The van der Waals surface area contributed by atoms with Crippen molar-refractivity contribution in [1.82, 2.24) is 5.32 Å². The predicted molar refractivity (Wildman–Crippen MR) is 110 cm³/mol. The lowest BCUT2D eigenvalue weighted by Crippen LogP contribution is -2.34. The van der Waals surface area contributed by atoms with Gasteiger partial charge in [0.2, 0.25) is 5.91 Å². The fourth-order valence-electron chi connectivity index (χ4n) is 3.46. The highest BCUT2D eigenvalue weighted by Gasteiger charge is 2.16. The maximum absolute atomic E-state index is 12.1. The number of aryl methyl sites for hydroxylation is 3. The molecule has 0 aliphatic heterocycles. The number of carbonyl (C=O) groups is 1. The summed E-state index contributed by atoms with van der Waals surface area (Å²) in [5.41, 5.74) is 3.83. The molecule has 0 saturated heterocycles. The molecule has 1 aliphatic rings. The summed E-state index contributed by atoms with van der Waals surface area (Å²) >= 11 is 0. The van der Waals surface area contributed by atoms with Crippen molar-refractivity contribution in [2.75, 3.05) is 24.7 Å². The summed E-state index contributed by atoms with van der Waals surface area (Å²) in [7, 11) is -3.40. The predicted octanol–water partition coefficient (Wildman–Crippen LogP) is 2.72. The van der Waals surface area contributed by atoms with Gasteiger partial charge in [0.1, 0.15) is 18.1 Å². The zero-order chi connectivity index (χ0) is 19.8. The van der Waals surface area contributed by atoms with Crippen molar-refractivity contribution in [2.24, 2.45) is 0 Å². The van der Waals surface area contributed by atoms with Crippen LogP contribution in [-0.2, 0) is 33.9 Å². The highest BCUT2D eigenvalue weighted by atomic mass is 32.2. The van der Waals surface area contributed by atoms with Gasteiger partial charge in [0, 0.05) is 0 Å². The number of nitrogens with one attached hydrogen (secondary N) is 1. The zero-order valence-corrected chi connectivity index (χ0v) is 16.8. The molecule has 28 heavy (non-hydrogen) atoms. The number of fused-ring (bicyclic) bond motifs is 1. The molecule has 2 aromatic rings. The highest BCUT2D eigenvalue weighted by Crippen LogP contribution is 2.25. The first-order chi connectivity index (χ1) is 13.5. The average molecular weight is 402 g/mol. The molecule has 1 N–H and O–H groups in total. The molecule has 0 fully saturated rings. The molecule has 0 bridgehead atoms. The second kappa shape index (κ2) is 9.73. The average Bonchev–Trinajstić information content (AvgIpc) is 3.13. The molecule has 5 nitrogen and oxygen atoms in total. The van der Waals surface area contributed by atoms with Crippen LogP contribution in [0.5, 0.6) is 5.75 Å². The van der Waals surface area contributed by atoms with Gasteiger partial charge in [0.25, 0.3) is 0 Å². The number of hydrogen-bond acceptors (Lipinski definition) is 4. The van der Waals surface area contributed by atoms with Crippen LogP contribution in [0.15, 0.2) is 48.5 Å². The maximum atomic E-state index is 12.1. The number of carbonyl (C=O) groups excluding carboxylic acids is 1. The Kier molecular flexibility index (Phi) is 7.09. The van der Waals surface area contributed by atoms with Gasteiger partial charge < -0.3 is 10.1 Å². The molecule has 1 aliphatic carbocycles. The third-order valence-electron chi connectivity index (χ3n) is 4.88. The summed E-state index contributed by atoms with van der Waals surface area (Å²) in [6, 6.07) is 15.8. The molecule has 0 saturated carbocycles. The smallest absolute Gasteiger partial charge is 0.235 e. The van der Waals surface area contributed by atoms with Crippen LogP contribution in [-0.4, -0.2) is 39.0 Å². The molecule has 1 amide bonds. The van der Waals surface area contributed by atoms with Crippen LogP contribution in [0.25, 0.3) is 0 Å². The minimum Gasteiger partial charge on any atom is -0.492 e. The third-order valence-corrected chi connectivity index (χ3v) is 6.49. The lowest BCUT2D eigenvalue weighted by atomic mass is 10.1. The van der Waals surface area contributed by atoms with E-state index in [0.29, 0.717) is 19.4 Å². The summed E-state index contributed by atoms with van der Waals surface area (Å²) < 4.78 is 29.9. The molecule has 0 radical (unpaired) electrons. The van der Waals surface area contributed by atoms with Gasteiger partial charge >= 0.3 is 0 Å². The topological polar surface area (TPSA) is 72.5 Å². The summed E-state index contributed by atoms with van der Waals surface area (Å²) in [4.78, 5) is 11.9. The maximum Gasteiger partial charge on any atom is 0.235 e. The monoisotopic (exact) mass is 401 g/mol. The van der Waals surface area contributed by atoms with Crippen molar-refractivity contribution < 1.29 is 17.9 Å². The molecule has 3 rings (SSSR count). The van der Waals surface area contributed by atoms with E-state index in [-0.39, 0.29) is 12.3 Å². The van der Waals surface area contributed by atoms with E-state index in [0.717, 1.165) is 24.2 Å². The Morgan fingerprint density at radius 1 is 1.04 bits per heavy atom. The van der Waals surface area contributed by atoms with E-state index < -0.39 is 21.5 Å². The van der Waals surface area contributed by atoms with Crippen molar-refractivity contribution in [3.8, 4) is 5.75 Å². The number of amides is 1. The van der Waals surface area contributed by atoms with Gasteiger partial charge in [0.15, 0.2) is 9.84 Å². The van der Waals surface area contributed by atoms with Crippen LogP contribution in [0, 0.1) is 0 Å². The molecule has 0 heterocycles. The number of sulfone groups is 1. The number of rotatable bonds is 10. The van der Waals surface area contributed by atoms with Gasteiger partial charge in [-0.15, -0.1) is 0 Å². The molecule has 6 heteroatoms. The number of hydrogen-bond donors (Lipinski definition) is 1. The molecule has 0 unspecified atom stereocenters. The van der Waals surface area contributed by atoms with Gasteiger partial charge in [-0.2, -0.15) is 0 Å². The van der Waals surface area contributed by atoms with E-state index in [9.17, 15) is 13.2 Å². The first-order valence-electron chi connectivity index (χ1n) is 9.77. The molecular weight excluding hydrogens is 374 g/mol. The minimum absolute atomic E-state index is 0.0148. The van der Waals surface area contributed by atoms with Gasteiger partial charge in [0.05, 0.1) is 12.3 Å². The van der Waals surface area contributed by atoms with Crippen LogP contribution in [0.2, 0.25) is 0 Å². The lowest BCUT2D eigenvalue weighted by molar-refractivity contribution is -0.118. The summed E-state index contributed by atoms with van der Waals surface area (Å²) in [5.74, 6) is -0.137. The Morgan fingerprint density at radius 3 is 2.64 bits per heavy atom. The van der Waals surface area contributed by atoms with Crippen LogP contribution in [0.1, 0.15) is 29.5 Å².